The molecular formula is C15H21N3O7S2. The molecule has 0 aliphatic heterocycles. The van der Waals surface area contributed by atoms with Gasteiger partial charge in [-0.15, -0.1) is 11.8 Å². The zero-order valence-electron chi connectivity index (χ0n) is 15.2. The van der Waals surface area contributed by atoms with Crippen molar-refractivity contribution < 1.29 is 27.7 Å². The summed E-state index contributed by atoms with van der Waals surface area (Å²) in [5, 5.41) is 13.6. The highest BCUT2D eigenvalue weighted by molar-refractivity contribution is 7.98. The predicted octanol–water partition coefficient (Wildman–Crippen LogP) is 1.05. The van der Waals surface area contributed by atoms with Gasteiger partial charge in [-0.05, 0) is 39.2 Å². The van der Waals surface area contributed by atoms with E-state index < -0.39 is 39.5 Å². The van der Waals surface area contributed by atoms with Gasteiger partial charge in [-0.3, -0.25) is 19.7 Å². The number of nitro groups is 1. The summed E-state index contributed by atoms with van der Waals surface area (Å²) in [7, 11) is -4.18. The summed E-state index contributed by atoms with van der Waals surface area (Å²) in [5.41, 5.74) is -0.355. The average molecular weight is 419 g/mol. The van der Waals surface area contributed by atoms with E-state index in [1.54, 1.807) is 20.1 Å². The molecule has 1 aromatic carbocycles. The van der Waals surface area contributed by atoms with E-state index in [1.165, 1.54) is 19.1 Å². The van der Waals surface area contributed by atoms with Crippen LogP contribution in [0.4, 0.5) is 5.69 Å². The molecule has 1 atom stereocenters. The summed E-state index contributed by atoms with van der Waals surface area (Å²) >= 11 is 1.11. The molecule has 0 heterocycles. The van der Waals surface area contributed by atoms with E-state index in [-0.39, 0.29) is 16.6 Å². The van der Waals surface area contributed by atoms with E-state index in [0.717, 1.165) is 17.8 Å². The van der Waals surface area contributed by atoms with Gasteiger partial charge in [0.1, 0.15) is 6.54 Å². The molecule has 0 aromatic heterocycles. The Morgan fingerprint density at radius 2 is 1.93 bits per heavy atom. The van der Waals surface area contributed by atoms with Crippen molar-refractivity contribution in [3.8, 4) is 0 Å². The fourth-order valence-corrected chi connectivity index (χ4v) is 3.45. The van der Waals surface area contributed by atoms with E-state index in [0.29, 0.717) is 4.90 Å². The van der Waals surface area contributed by atoms with E-state index >= 15 is 0 Å². The van der Waals surface area contributed by atoms with Crippen LogP contribution in [0.1, 0.15) is 20.8 Å². The van der Waals surface area contributed by atoms with E-state index in [2.05, 4.69) is 5.32 Å². The van der Waals surface area contributed by atoms with Crippen LogP contribution in [-0.4, -0.2) is 50.2 Å². The Hall–Kier alpha value is -2.18. The number of nitrogens with zero attached hydrogens (tertiary/aromatic N) is 1. The Morgan fingerprint density at radius 3 is 2.44 bits per heavy atom. The van der Waals surface area contributed by atoms with Gasteiger partial charge in [-0.1, -0.05) is 0 Å². The quantitative estimate of drug-likeness (QED) is 0.261. The fraction of sp³-hybridized carbons (Fsp3) is 0.467. The van der Waals surface area contributed by atoms with Crippen molar-refractivity contribution in [1.82, 2.24) is 10.0 Å². The molecule has 0 saturated carbocycles. The third kappa shape index (κ3) is 6.81. The lowest BCUT2D eigenvalue weighted by Crippen LogP contribution is -2.41. The standard InChI is InChI=1S/C15H21N3O7S2/c1-9(2)17-15(20)10(3)25-14(19)8-16-27(23,24)11-5-6-13(26-4)12(7-11)18(21)22/h5-7,9-10,16H,8H2,1-4H3,(H,17,20). The Labute approximate surface area is 161 Å². The van der Waals surface area contributed by atoms with Gasteiger partial charge in [0.15, 0.2) is 6.10 Å². The van der Waals surface area contributed by atoms with E-state index in [4.69, 9.17) is 4.74 Å². The number of thioether (sulfide) groups is 1. The van der Waals surface area contributed by atoms with Crippen LogP contribution in [-0.2, 0) is 24.3 Å². The summed E-state index contributed by atoms with van der Waals surface area (Å²) in [6, 6.07) is 3.29. The average Bonchev–Trinajstić information content (AvgIpc) is 2.58. The summed E-state index contributed by atoms with van der Waals surface area (Å²) in [6.07, 6.45) is 0.535. The Bertz CT molecular complexity index is 825. The van der Waals surface area contributed by atoms with Crippen LogP contribution in [0.2, 0.25) is 0 Å². The number of nitrogens with one attached hydrogen (secondary N) is 2. The van der Waals surface area contributed by atoms with E-state index in [1.807, 2.05) is 4.72 Å². The van der Waals surface area contributed by atoms with Crippen molar-refractivity contribution in [1.29, 1.82) is 0 Å². The fourth-order valence-electron chi connectivity index (χ4n) is 1.91. The summed E-state index contributed by atoms with van der Waals surface area (Å²) in [6.45, 7) is 4.11. The maximum atomic E-state index is 12.2. The second kappa shape index (κ2) is 9.67. The second-order valence-electron chi connectivity index (χ2n) is 5.71. The molecule has 0 saturated heterocycles. The number of benzene rings is 1. The lowest BCUT2D eigenvalue weighted by atomic mass is 10.3. The molecule has 1 amide bonds. The number of rotatable bonds is 9. The third-order valence-corrected chi connectivity index (χ3v) is 5.36. The first-order valence-corrected chi connectivity index (χ1v) is 10.5. The van der Waals surface area contributed by atoms with Crippen LogP contribution in [0.25, 0.3) is 0 Å². The Morgan fingerprint density at radius 1 is 1.30 bits per heavy atom. The molecule has 150 valence electrons. The van der Waals surface area contributed by atoms with Crippen LogP contribution in [0.15, 0.2) is 28.0 Å². The van der Waals surface area contributed by atoms with Gasteiger partial charge in [-0.25, -0.2) is 8.42 Å². The van der Waals surface area contributed by atoms with E-state index in [9.17, 15) is 28.1 Å². The number of nitro benzene ring substituents is 1. The number of carbonyl (C=O) groups excluding carboxylic acids is 2. The zero-order valence-corrected chi connectivity index (χ0v) is 16.8. The molecule has 0 spiro atoms. The number of carbonyl (C=O) groups is 2. The first kappa shape index (κ1) is 22.9. The van der Waals surface area contributed by atoms with Gasteiger partial charge in [0.05, 0.1) is 14.7 Å². The van der Waals surface area contributed by atoms with Crippen LogP contribution < -0.4 is 10.0 Å². The normalized spacial score (nSPS) is 12.5. The molecule has 12 heteroatoms. The number of ether oxygens (including phenoxy) is 1. The molecule has 0 aliphatic rings. The van der Waals surface area contributed by atoms with Crippen LogP contribution in [0, 0.1) is 10.1 Å². The van der Waals surface area contributed by atoms with Crippen molar-refractivity contribution in [2.45, 2.75) is 42.7 Å². The highest BCUT2D eigenvalue weighted by atomic mass is 32.2. The van der Waals surface area contributed by atoms with Crippen LogP contribution >= 0.6 is 11.8 Å². The molecule has 0 aliphatic carbocycles. The SMILES string of the molecule is CSc1ccc(S(=O)(=O)NCC(=O)OC(C)C(=O)NC(C)C)cc1[N+](=O)[O-]. The predicted molar refractivity (Wildman–Crippen MR) is 98.9 cm³/mol. The maximum Gasteiger partial charge on any atom is 0.321 e. The molecule has 1 aromatic rings. The molecule has 2 N–H and O–H groups in total. The summed E-state index contributed by atoms with van der Waals surface area (Å²) in [4.78, 5) is 33.8. The number of hydrogen-bond donors (Lipinski definition) is 2. The number of esters is 1. The first-order chi connectivity index (χ1) is 12.5. The van der Waals surface area contributed by atoms with Crippen molar-refractivity contribution in [2.75, 3.05) is 12.8 Å². The van der Waals surface area contributed by atoms with Crippen LogP contribution in [0.5, 0.6) is 0 Å². The Balaban J connectivity index is 2.78. The van der Waals surface area contributed by atoms with Crippen LogP contribution in [0.3, 0.4) is 0 Å². The lowest BCUT2D eigenvalue weighted by Gasteiger charge is -2.15. The minimum atomic E-state index is -4.18. The van der Waals surface area contributed by atoms with Crippen molar-refractivity contribution in [3.05, 3.63) is 28.3 Å². The molecule has 27 heavy (non-hydrogen) atoms. The smallest absolute Gasteiger partial charge is 0.321 e. The number of sulfonamides is 1. The highest BCUT2D eigenvalue weighted by Gasteiger charge is 2.23. The molecule has 10 nitrogen and oxygen atoms in total. The highest BCUT2D eigenvalue weighted by Crippen LogP contribution is 2.29. The van der Waals surface area contributed by atoms with Crippen molar-refractivity contribution in [3.63, 3.8) is 0 Å². The molecule has 1 rings (SSSR count). The Kier molecular flexibility index (Phi) is 8.19. The monoisotopic (exact) mass is 419 g/mol. The van der Waals surface area contributed by atoms with Gasteiger partial charge in [0.25, 0.3) is 11.6 Å². The maximum absolute atomic E-state index is 12.2. The second-order valence-corrected chi connectivity index (χ2v) is 8.33. The number of hydrogen-bond acceptors (Lipinski definition) is 8. The first-order valence-electron chi connectivity index (χ1n) is 7.80. The van der Waals surface area contributed by atoms with Gasteiger partial charge in [-0.2, -0.15) is 4.72 Å². The van der Waals surface area contributed by atoms with Gasteiger partial charge >= 0.3 is 5.97 Å². The van der Waals surface area contributed by atoms with Gasteiger partial charge < -0.3 is 10.1 Å². The van der Waals surface area contributed by atoms with Crippen molar-refractivity contribution in [2.24, 2.45) is 0 Å². The third-order valence-electron chi connectivity index (χ3n) is 3.17. The minimum absolute atomic E-state index is 0.141. The largest absolute Gasteiger partial charge is 0.452 e. The van der Waals surface area contributed by atoms with Gasteiger partial charge in [0, 0.05) is 12.1 Å². The minimum Gasteiger partial charge on any atom is -0.452 e. The molecular weight excluding hydrogens is 398 g/mol. The molecule has 0 bridgehead atoms. The van der Waals surface area contributed by atoms with Crippen molar-refractivity contribution >= 4 is 39.3 Å². The molecule has 1 unspecified atom stereocenters. The number of amides is 1. The molecule has 0 radical (unpaired) electrons. The molecule has 0 fully saturated rings. The lowest BCUT2D eigenvalue weighted by molar-refractivity contribution is -0.387. The van der Waals surface area contributed by atoms with Gasteiger partial charge in [0.2, 0.25) is 10.0 Å². The summed E-state index contributed by atoms with van der Waals surface area (Å²) in [5.74, 6) is -1.47. The topological polar surface area (TPSA) is 145 Å². The summed E-state index contributed by atoms with van der Waals surface area (Å²) < 4.78 is 31.4. The zero-order chi connectivity index (χ0) is 20.8.